The molecule has 63 heavy (non-hydrogen) atoms. The summed E-state index contributed by atoms with van der Waals surface area (Å²) < 4.78 is 33.6. The number of hydrogen-bond donors (Lipinski definition) is 2. The maximum Gasteiger partial charge on any atom is 0.472 e. The van der Waals surface area contributed by atoms with Gasteiger partial charge in [0.05, 0.1) is 19.8 Å². The number of nitrogens with two attached hydrogens (primary N) is 1. The van der Waals surface area contributed by atoms with Crippen LogP contribution in [-0.2, 0) is 27.9 Å². The van der Waals surface area contributed by atoms with Crippen molar-refractivity contribution in [1.82, 2.24) is 0 Å². The Balaban J connectivity index is 3.89. The van der Waals surface area contributed by atoms with Gasteiger partial charge in [-0.3, -0.25) is 13.8 Å². The first kappa shape index (κ1) is 61.7. The molecule has 2 unspecified atom stereocenters. The molecule has 372 valence electrons. The minimum Gasteiger partial charge on any atom is -0.457 e. The van der Waals surface area contributed by atoms with Gasteiger partial charge in [0.2, 0.25) is 0 Å². The Morgan fingerprint density at radius 3 is 1.29 bits per heavy atom. The van der Waals surface area contributed by atoms with Crippen molar-refractivity contribution < 1.29 is 32.8 Å². The zero-order chi connectivity index (χ0) is 45.8. The molecule has 8 nitrogen and oxygen atoms in total. The van der Waals surface area contributed by atoms with Gasteiger partial charge in [-0.25, -0.2) is 4.57 Å². The van der Waals surface area contributed by atoms with Crippen LogP contribution in [0.2, 0.25) is 0 Å². The molecule has 0 aromatic heterocycles. The largest absolute Gasteiger partial charge is 0.472 e. The average Bonchev–Trinajstić information content (AvgIpc) is 3.28. The van der Waals surface area contributed by atoms with Gasteiger partial charge in [0.15, 0.2) is 0 Å². The molecule has 0 radical (unpaired) electrons. The lowest BCUT2D eigenvalue weighted by Crippen LogP contribution is -2.28. The number of carbonyl (C=O) groups is 1. The summed E-state index contributed by atoms with van der Waals surface area (Å²) in [6.07, 6.45) is 61.9. The number of hydrogen-bond acceptors (Lipinski definition) is 7. The van der Waals surface area contributed by atoms with E-state index in [2.05, 4.69) is 50.3 Å². The van der Waals surface area contributed by atoms with Gasteiger partial charge in [-0.05, 0) is 51.4 Å². The zero-order valence-electron chi connectivity index (χ0n) is 41.6. The number of rotatable bonds is 52. The molecule has 0 aromatic carbocycles. The number of esters is 1. The number of unbranched alkanes of at least 4 members (excludes halogenated alkanes) is 33. The van der Waals surface area contributed by atoms with E-state index < -0.39 is 13.9 Å². The summed E-state index contributed by atoms with van der Waals surface area (Å²) in [5, 5.41) is 0. The van der Waals surface area contributed by atoms with Crippen LogP contribution in [0, 0.1) is 0 Å². The molecular formula is C54H104NO7P. The average molecular weight is 910 g/mol. The molecular weight excluding hydrogens is 806 g/mol. The highest BCUT2D eigenvalue weighted by Crippen LogP contribution is 2.43. The summed E-state index contributed by atoms with van der Waals surface area (Å²) in [6.45, 7) is 4.93. The van der Waals surface area contributed by atoms with Gasteiger partial charge in [-0.1, -0.05) is 243 Å². The van der Waals surface area contributed by atoms with Crippen LogP contribution in [0.3, 0.4) is 0 Å². The number of allylic oxidation sites excluding steroid dienone is 6. The highest BCUT2D eigenvalue weighted by Gasteiger charge is 2.25. The van der Waals surface area contributed by atoms with Gasteiger partial charge in [0.25, 0.3) is 0 Å². The summed E-state index contributed by atoms with van der Waals surface area (Å²) in [5.74, 6) is -0.338. The quantitative estimate of drug-likeness (QED) is 0.0268. The molecule has 0 aliphatic carbocycles. The number of phosphoric ester groups is 1. The van der Waals surface area contributed by atoms with Crippen molar-refractivity contribution in [2.24, 2.45) is 5.73 Å². The molecule has 0 amide bonds. The highest BCUT2D eigenvalue weighted by atomic mass is 31.2. The van der Waals surface area contributed by atoms with Gasteiger partial charge >= 0.3 is 13.8 Å². The predicted octanol–water partition coefficient (Wildman–Crippen LogP) is 16.9. The molecule has 0 rings (SSSR count). The van der Waals surface area contributed by atoms with E-state index in [9.17, 15) is 14.3 Å². The fourth-order valence-corrected chi connectivity index (χ4v) is 8.60. The monoisotopic (exact) mass is 910 g/mol. The minimum absolute atomic E-state index is 0.0970. The SMILES string of the molecule is CCCCC/C=C\C/C=C\C/C=C\CCCCCCCCC(=O)OC(COCCCCCCCCCCCCCCCCCCCCCCCCCCC)COP(=O)(O)OCCN. The van der Waals surface area contributed by atoms with E-state index in [0.29, 0.717) is 13.0 Å². The third-order valence-electron chi connectivity index (χ3n) is 11.8. The normalized spacial score (nSPS) is 13.5. The van der Waals surface area contributed by atoms with Crippen molar-refractivity contribution in [2.75, 3.05) is 33.0 Å². The Labute approximate surface area is 390 Å². The van der Waals surface area contributed by atoms with Gasteiger partial charge in [-0.2, -0.15) is 0 Å². The van der Waals surface area contributed by atoms with Crippen LogP contribution < -0.4 is 5.73 Å². The van der Waals surface area contributed by atoms with Crippen molar-refractivity contribution in [3.63, 3.8) is 0 Å². The lowest BCUT2D eigenvalue weighted by Gasteiger charge is -2.20. The number of ether oxygens (including phenoxy) is 2. The smallest absolute Gasteiger partial charge is 0.457 e. The highest BCUT2D eigenvalue weighted by molar-refractivity contribution is 7.47. The zero-order valence-corrected chi connectivity index (χ0v) is 42.5. The molecule has 0 saturated heterocycles. The first-order valence-electron chi connectivity index (χ1n) is 27.0. The molecule has 2 atom stereocenters. The van der Waals surface area contributed by atoms with E-state index in [1.165, 1.54) is 186 Å². The lowest BCUT2D eigenvalue weighted by molar-refractivity contribution is -0.154. The Bertz CT molecular complexity index is 1070. The van der Waals surface area contributed by atoms with Gasteiger partial charge in [0.1, 0.15) is 6.10 Å². The maximum atomic E-state index is 12.7. The molecule has 0 aliphatic heterocycles. The first-order chi connectivity index (χ1) is 30.9. The summed E-state index contributed by atoms with van der Waals surface area (Å²) in [5.41, 5.74) is 5.39. The molecule has 0 saturated carbocycles. The topological polar surface area (TPSA) is 117 Å². The predicted molar refractivity (Wildman–Crippen MR) is 270 cm³/mol. The molecule has 0 aromatic rings. The summed E-state index contributed by atoms with van der Waals surface area (Å²) in [7, 11) is -4.29. The number of carbonyl (C=O) groups excluding carboxylic acids is 1. The second-order valence-electron chi connectivity index (χ2n) is 18.1. The number of phosphoric acid groups is 1. The van der Waals surface area contributed by atoms with Crippen molar-refractivity contribution >= 4 is 13.8 Å². The standard InChI is InChI=1S/C54H104NO7P/c1-3-5-7-9-11-13-15-17-19-21-23-24-25-26-27-28-30-32-34-36-38-40-42-44-46-49-59-51-53(52-61-63(57,58)60-50-48-55)62-54(56)47-45-43-41-39-37-35-33-31-29-22-20-18-16-14-12-10-8-6-4-2/h12,14,18,20,29,31,53H,3-11,13,15-17,19,21-28,30,32-52,55H2,1-2H3,(H,57,58)/b14-12-,20-18-,31-29-. The van der Waals surface area contributed by atoms with Crippen molar-refractivity contribution in [1.29, 1.82) is 0 Å². The van der Waals surface area contributed by atoms with Crippen LogP contribution in [-0.4, -0.2) is 49.9 Å². The first-order valence-corrected chi connectivity index (χ1v) is 28.5. The molecule has 0 heterocycles. The lowest BCUT2D eigenvalue weighted by atomic mass is 10.0. The molecule has 0 bridgehead atoms. The fraction of sp³-hybridized carbons (Fsp3) is 0.870. The van der Waals surface area contributed by atoms with Crippen molar-refractivity contribution in [3.05, 3.63) is 36.5 Å². The minimum atomic E-state index is -4.29. The van der Waals surface area contributed by atoms with Crippen LogP contribution in [0.4, 0.5) is 0 Å². The third-order valence-corrected chi connectivity index (χ3v) is 12.8. The fourth-order valence-electron chi connectivity index (χ4n) is 7.83. The molecule has 0 aliphatic rings. The van der Waals surface area contributed by atoms with Crippen LogP contribution in [0.5, 0.6) is 0 Å². The van der Waals surface area contributed by atoms with Crippen molar-refractivity contribution in [3.8, 4) is 0 Å². The van der Waals surface area contributed by atoms with Crippen LogP contribution >= 0.6 is 7.82 Å². The van der Waals surface area contributed by atoms with Crippen LogP contribution in [0.1, 0.15) is 264 Å². The molecule has 9 heteroatoms. The summed E-state index contributed by atoms with van der Waals surface area (Å²) >= 11 is 0. The molecule has 0 fully saturated rings. The second-order valence-corrected chi connectivity index (χ2v) is 19.6. The van der Waals surface area contributed by atoms with E-state index in [-0.39, 0.29) is 32.3 Å². The Hall–Kier alpha value is -1.28. The van der Waals surface area contributed by atoms with E-state index >= 15 is 0 Å². The molecule has 0 spiro atoms. The Morgan fingerprint density at radius 2 is 0.841 bits per heavy atom. The van der Waals surface area contributed by atoms with E-state index in [1.54, 1.807) is 0 Å². The van der Waals surface area contributed by atoms with Gasteiger partial charge < -0.3 is 20.1 Å². The van der Waals surface area contributed by atoms with Crippen LogP contribution in [0.25, 0.3) is 0 Å². The van der Waals surface area contributed by atoms with Gasteiger partial charge in [0, 0.05) is 19.6 Å². The van der Waals surface area contributed by atoms with Gasteiger partial charge in [-0.15, -0.1) is 0 Å². The van der Waals surface area contributed by atoms with E-state index in [1.807, 2.05) is 0 Å². The summed E-state index contributed by atoms with van der Waals surface area (Å²) in [6, 6.07) is 0. The Kier molecular flexibility index (Phi) is 50.7. The van der Waals surface area contributed by atoms with Crippen molar-refractivity contribution in [2.45, 2.75) is 270 Å². The van der Waals surface area contributed by atoms with E-state index in [4.69, 9.17) is 24.3 Å². The Morgan fingerprint density at radius 1 is 0.476 bits per heavy atom. The summed E-state index contributed by atoms with van der Waals surface area (Å²) in [4.78, 5) is 22.6. The third kappa shape index (κ3) is 51.6. The maximum absolute atomic E-state index is 12.7. The van der Waals surface area contributed by atoms with Crippen LogP contribution in [0.15, 0.2) is 36.5 Å². The molecule has 3 N–H and O–H groups in total. The van der Waals surface area contributed by atoms with E-state index in [0.717, 1.165) is 57.8 Å². The second kappa shape index (κ2) is 51.7.